The normalized spacial score (nSPS) is 14.9. The van der Waals surface area contributed by atoms with Crippen LogP contribution in [0.5, 0.6) is 11.5 Å². The van der Waals surface area contributed by atoms with Crippen LogP contribution in [0.3, 0.4) is 0 Å². The van der Waals surface area contributed by atoms with Gasteiger partial charge in [-0.3, -0.25) is 9.59 Å². The number of hydrogen-bond donors (Lipinski definition) is 1. The van der Waals surface area contributed by atoms with Crippen molar-refractivity contribution < 1.29 is 24.2 Å². The summed E-state index contributed by atoms with van der Waals surface area (Å²) in [6.45, 7) is -0.0654. The molecule has 0 spiro atoms. The molecule has 1 saturated carbocycles. The van der Waals surface area contributed by atoms with Gasteiger partial charge in [-0.05, 0) is 30.5 Å². The first-order valence-corrected chi connectivity index (χ1v) is 8.26. The summed E-state index contributed by atoms with van der Waals surface area (Å²) in [7, 11) is 3.11. The Bertz CT molecular complexity index is 559. The first-order chi connectivity index (χ1) is 11.5. The fraction of sp³-hybridized carbons (Fsp3) is 0.556. The molecule has 1 N–H and O–H groups in total. The molecule has 0 aromatic heterocycles. The van der Waals surface area contributed by atoms with Crippen molar-refractivity contribution in [3.63, 3.8) is 0 Å². The third-order valence-electron chi connectivity index (χ3n) is 4.38. The molecular formula is C18H25NO5. The summed E-state index contributed by atoms with van der Waals surface area (Å²) in [4.78, 5) is 25.4. The van der Waals surface area contributed by atoms with Crippen LogP contribution in [-0.4, -0.2) is 42.6 Å². The minimum atomic E-state index is -1.01. The second-order valence-electron chi connectivity index (χ2n) is 6.14. The topological polar surface area (TPSA) is 76.1 Å². The van der Waals surface area contributed by atoms with Crippen LogP contribution in [0.25, 0.3) is 0 Å². The van der Waals surface area contributed by atoms with Crippen LogP contribution in [0, 0.1) is 5.92 Å². The van der Waals surface area contributed by atoms with Crippen LogP contribution in [0.15, 0.2) is 18.2 Å². The maximum Gasteiger partial charge on any atom is 0.323 e. The number of nitrogens with zero attached hydrogens (tertiary/aromatic N) is 1. The van der Waals surface area contributed by atoms with Gasteiger partial charge in [0.2, 0.25) is 5.91 Å². The number of rotatable bonds is 7. The fourth-order valence-electron chi connectivity index (χ4n) is 3.16. The van der Waals surface area contributed by atoms with Gasteiger partial charge < -0.3 is 19.5 Å². The third-order valence-corrected chi connectivity index (χ3v) is 4.38. The van der Waals surface area contributed by atoms with Gasteiger partial charge in [-0.1, -0.05) is 19.3 Å². The van der Waals surface area contributed by atoms with Crippen LogP contribution in [-0.2, 0) is 16.1 Å². The van der Waals surface area contributed by atoms with E-state index in [1.54, 1.807) is 32.4 Å². The Morgan fingerprint density at radius 1 is 1.08 bits per heavy atom. The summed E-state index contributed by atoms with van der Waals surface area (Å²) in [6, 6.07) is 5.34. The minimum Gasteiger partial charge on any atom is -0.497 e. The summed E-state index contributed by atoms with van der Waals surface area (Å²) in [6.07, 6.45) is 4.90. The van der Waals surface area contributed by atoms with Crippen LogP contribution in [0.4, 0.5) is 0 Å². The van der Waals surface area contributed by atoms with Gasteiger partial charge in [0.25, 0.3) is 0 Å². The Morgan fingerprint density at radius 3 is 2.17 bits per heavy atom. The van der Waals surface area contributed by atoms with Gasteiger partial charge >= 0.3 is 5.97 Å². The van der Waals surface area contributed by atoms with E-state index in [1.165, 1.54) is 4.90 Å². The zero-order valence-electron chi connectivity index (χ0n) is 14.3. The monoisotopic (exact) mass is 335 g/mol. The SMILES string of the molecule is COc1cc(CN(CC(=O)O)C(=O)C2CCCCC2)cc(OC)c1. The van der Waals surface area contributed by atoms with Crippen LogP contribution in [0.1, 0.15) is 37.7 Å². The molecule has 2 rings (SSSR count). The molecule has 1 aromatic carbocycles. The zero-order valence-corrected chi connectivity index (χ0v) is 14.3. The standard InChI is InChI=1S/C18H25NO5/c1-23-15-8-13(9-16(10-15)24-2)11-19(12-17(20)21)18(22)14-6-4-3-5-7-14/h8-10,14H,3-7,11-12H2,1-2H3,(H,20,21). The van der Waals surface area contributed by atoms with Crippen molar-refractivity contribution in [3.05, 3.63) is 23.8 Å². The molecule has 1 aromatic rings. The van der Waals surface area contributed by atoms with Gasteiger partial charge in [-0.15, -0.1) is 0 Å². The molecule has 6 nitrogen and oxygen atoms in total. The Kier molecular flexibility index (Phi) is 6.46. The molecule has 0 unspecified atom stereocenters. The second kappa shape index (κ2) is 8.57. The van der Waals surface area contributed by atoms with Gasteiger partial charge in [0.05, 0.1) is 14.2 Å². The predicted octanol–water partition coefficient (Wildman–Crippen LogP) is 2.70. The summed E-state index contributed by atoms with van der Waals surface area (Å²) < 4.78 is 10.5. The molecule has 0 bridgehead atoms. The summed E-state index contributed by atoms with van der Waals surface area (Å²) >= 11 is 0. The van der Waals surface area contributed by atoms with E-state index in [4.69, 9.17) is 14.6 Å². The molecule has 0 radical (unpaired) electrons. The van der Waals surface area contributed by atoms with Crippen LogP contribution < -0.4 is 9.47 Å². The largest absolute Gasteiger partial charge is 0.497 e. The smallest absolute Gasteiger partial charge is 0.323 e. The number of benzene rings is 1. The molecule has 0 aliphatic heterocycles. The maximum atomic E-state index is 12.7. The lowest BCUT2D eigenvalue weighted by molar-refractivity contribution is -0.147. The number of carbonyl (C=O) groups excluding carboxylic acids is 1. The number of ether oxygens (including phenoxy) is 2. The highest BCUT2D eigenvalue weighted by atomic mass is 16.5. The van der Waals surface area contributed by atoms with Crippen LogP contribution >= 0.6 is 0 Å². The summed E-state index contributed by atoms with van der Waals surface area (Å²) in [5.41, 5.74) is 0.789. The molecule has 1 fully saturated rings. The van der Waals surface area contributed by atoms with E-state index < -0.39 is 5.97 Å². The second-order valence-corrected chi connectivity index (χ2v) is 6.14. The highest BCUT2D eigenvalue weighted by Crippen LogP contribution is 2.27. The Hall–Kier alpha value is -2.24. The number of aliphatic carboxylic acids is 1. The number of carboxylic acids is 1. The van der Waals surface area contributed by atoms with E-state index in [0.717, 1.165) is 37.7 Å². The number of carbonyl (C=O) groups is 2. The molecule has 0 saturated heterocycles. The van der Waals surface area contributed by atoms with Gasteiger partial charge in [-0.25, -0.2) is 0 Å². The third kappa shape index (κ3) is 4.88. The van der Waals surface area contributed by atoms with Crippen molar-refractivity contribution in [2.45, 2.75) is 38.6 Å². The lowest BCUT2D eigenvalue weighted by Crippen LogP contribution is -2.39. The molecule has 1 aliphatic carbocycles. The molecular weight excluding hydrogens is 310 g/mol. The highest BCUT2D eigenvalue weighted by Gasteiger charge is 2.27. The number of methoxy groups -OCH3 is 2. The number of amides is 1. The van der Waals surface area contributed by atoms with Crippen molar-refractivity contribution in [1.29, 1.82) is 0 Å². The van der Waals surface area contributed by atoms with E-state index in [9.17, 15) is 9.59 Å². The van der Waals surface area contributed by atoms with E-state index >= 15 is 0 Å². The van der Waals surface area contributed by atoms with E-state index in [2.05, 4.69) is 0 Å². The first kappa shape index (κ1) is 18.1. The average molecular weight is 335 g/mol. The molecule has 1 amide bonds. The molecule has 0 atom stereocenters. The lowest BCUT2D eigenvalue weighted by atomic mass is 9.88. The zero-order chi connectivity index (χ0) is 17.5. The maximum absolute atomic E-state index is 12.7. The predicted molar refractivity (Wildman–Crippen MR) is 89.2 cm³/mol. The molecule has 132 valence electrons. The van der Waals surface area contributed by atoms with E-state index in [-0.39, 0.29) is 24.9 Å². The quantitative estimate of drug-likeness (QED) is 0.829. The van der Waals surface area contributed by atoms with Crippen molar-refractivity contribution in [2.24, 2.45) is 5.92 Å². The average Bonchev–Trinajstić information content (AvgIpc) is 2.60. The fourth-order valence-corrected chi connectivity index (χ4v) is 3.16. The first-order valence-electron chi connectivity index (χ1n) is 8.26. The van der Waals surface area contributed by atoms with Crippen molar-refractivity contribution in [1.82, 2.24) is 4.90 Å². The van der Waals surface area contributed by atoms with Gasteiger partial charge in [0, 0.05) is 18.5 Å². The summed E-state index contributed by atoms with van der Waals surface area (Å²) in [5, 5.41) is 9.17. The summed E-state index contributed by atoms with van der Waals surface area (Å²) in [5.74, 6) is 0.0907. The van der Waals surface area contributed by atoms with E-state index in [1.807, 2.05) is 0 Å². The highest BCUT2D eigenvalue weighted by molar-refractivity contribution is 5.83. The number of carboxylic acid groups (broad SMARTS) is 1. The van der Waals surface area contributed by atoms with Gasteiger partial charge in [0.1, 0.15) is 18.0 Å². The van der Waals surface area contributed by atoms with Gasteiger partial charge in [0.15, 0.2) is 0 Å². The number of hydrogen-bond acceptors (Lipinski definition) is 4. The van der Waals surface area contributed by atoms with Crippen molar-refractivity contribution >= 4 is 11.9 Å². The molecule has 24 heavy (non-hydrogen) atoms. The Morgan fingerprint density at radius 2 is 1.67 bits per heavy atom. The van der Waals surface area contributed by atoms with Gasteiger partial charge in [-0.2, -0.15) is 0 Å². The molecule has 6 heteroatoms. The lowest BCUT2D eigenvalue weighted by Gasteiger charge is -2.28. The van der Waals surface area contributed by atoms with Crippen LogP contribution in [0.2, 0.25) is 0 Å². The van der Waals surface area contributed by atoms with E-state index in [0.29, 0.717) is 11.5 Å². The van der Waals surface area contributed by atoms with Crippen molar-refractivity contribution in [2.75, 3.05) is 20.8 Å². The van der Waals surface area contributed by atoms with Crippen molar-refractivity contribution in [3.8, 4) is 11.5 Å². The minimum absolute atomic E-state index is 0.0643. The Balaban J connectivity index is 2.18. The molecule has 1 aliphatic rings. The Labute approximate surface area is 142 Å². The molecule has 0 heterocycles.